The molecule has 0 amide bonds. The molecule has 0 atom stereocenters. The van der Waals surface area contributed by atoms with Crippen LogP contribution >= 0.6 is 11.3 Å². The Morgan fingerprint density at radius 1 is 1.29 bits per heavy atom. The Kier molecular flexibility index (Phi) is 4.30. The highest BCUT2D eigenvalue weighted by molar-refractivity contribution is 7.22. The van der Waals surface area contributed by atoms with E-state index in [0.717, 1.165) is 16.9 Å². The minimum absolute atomic E-state index is 0.466. The van der Waals surface area contributed by atoms with Crippen LogP contribution in [0.3, 0.4) is 0 Å². The Labute approximate surface area is 144 Å². The van der Waals surface area contributed by atoms with Gasteiger partial charge in [-0.05, 0) is 30.5 Å². The van der Waals surface area contributed by atoms with E-state index in [1.54, 1.807) is 23.9 Å². The molecular formula is C18H20N4OS. The van der Waals surface area contributed by atoms with Gasteiger partial charge in [0.05, 0.1) is 16.5 Å². The van der Waals surface area contributed by atoms with Crippen molar-refractivity contribution in [3.8, 4) is 0 Å². The van der Waals surface area contributed by atoms with Crippen molar-refractivity contribution in [2.24, 2.45) is 0 Å². The normalized spacial score (nSPS) is 15.7. The van der Waals surface area contributed by atoms with Gasteiger partial charge >= 0.3 is 0 Å². The number of carbonyl (C=O) groups excluding carboxylic acids is 1. The second-order valence-corrected chi connectivity index (χ2v) is 7.42. The number of nitrogens with zero attached hydrogens (tertiary/aromatic N) is 3. The van der Waals surface area contributed by atoms with Crippen LogP contribution < -0.4 is 5.32 Å². The average Bonchev–Trinajstić information content (AvgIpc) is 3.21. The predicted octanol–water partition coefficient (Wildman–Crippen LogP) is 4.10. The van der Waals surface area contributed by atoms with Gasteiger partial charge in [0.2, 0.25) is 0 Å². The van der Waals surface area contributed by atoms with E-state index in [4.69, 9.17) is 4.98 Å². The monoisotopic (exact) mass is 340 g/mol. The van der Waals surface area contributed by atoms with Crippen molar-refractivity contribution >= 4 is 33.0 Å². The first-order valence-electron chi connectivity index (χ1n) is 8.43. The molecule has 0 aliphatic heterocycles. The summed E-state index contributed by atoms with van der Waals surface area (Å²) in [7, 11) is 0. The Balaban J connectivity index is 1.50. The number of anilines is 1. The van der Waals surface area contributed by atoms with Crippen molar-refractivity contribution in [2.75, 3.05) is 5.32 Å². The number of hydrogen-bond donors (Lipinski definition) is 1. The van der Waals surface area contributed by atoms with E-state index >= 15 is 0 Å². The maximum atomic E-state index is 10.7. The molecule has 1 aliphatic carbocycles. The molecule has 4 rings (SSSR count). The van der Waals surface area contributed by atoms with Crippen LogP contribution in [-0.4, -0.2) is 26.9 Å². The minimum atomic E-state index is 0.466. The summed E-state index contributed by atoms with van der Waals surface area (Å²) >= 11 is 1.72. The van der Waals surface area contributed by atoms with Crippen LogP contribution in [0.5, 0.6) is 0 Å². The number of aldehydes is 1. The molecule has 1 N–H and O–H groups in total. The zero-order valence-electron chi connectivity index (χ0n) is 13.4. The van der Waals surface area contributed by atoms with E-state index in [2.05, 4.69) is 28.5 Å². The summed E-state index contributed by atoms with van der Waals surface area (Å²) in [4.78, 5) is 19.5. The maximum absolute atomic E-state index is 10.7. The van der Waals surface area contributed by atoms with Crippen LogP contribution in [0.4, 0.5) is 5.13 Å². The number of fused-ring (bicyclic) bond motifs is 1. The summed E-state index contributed by atoms with van der Waals surface area (Å²) in [6.07, 6.45) is 10.7. The van der Waals surface area contributed by atoms with E-state index in [1.807, 2.05) is 4.57 Å². The summed E-state index contributed by atoms with van der Waals surface area (Å²) in [5.41, 5.74) is 2.69. The molecular weight excluding hydrogens is 320 g/mol. The molecule has 5 nitrogen and oxygen atoms in total. The number of nitrogens with one attached hydrogen (secondary N) is 1. The number of thiazole rings is 1. The van der Waals surface area contributed by atoms with Gasteiger partial charge in [0.25, 0.3) is 0 Å². The topological polar surface area (TPSA) is 59.8 Å². The van der Waals surface area contributed by atoms with Crippen molar-refractivity contribution in [3.63, 3.8) is 0 Å². The van der Waals surface area contributed by atoms with Crippen molar-refractivity contribution < 1.29 is 4.79 Å². The van der Waals surface area contributed by atoms with Crippen molar-refractivity contribution in [3.05, 3.63) is 42.0 Å². The van der Waals surface area contributed by atoms with Gasteiger partial charge in [0.15, 0.2) is 11.4 Å². The first-order chi connectivity index (χ1) is 11.8. The molecule has 0 saturated heterocycles. The molecule has 1 saturated carbocycles. The molecule has 0 unspecified atom stereocenters. The highest BCUT2D eigenvalue weighted by Crippen LogP contribution is 2.29. The summed E-state index contributed by atoms with van der Waals surface area (Å²) in [6, 6.07) is 6.92. The van der Waals surface area contributed by atoms with Crippen LogP contribution in [-0.2, 0) is 6.54 Å². The lowest BCUT2D eigenvalue weighted by molar-refractivity contribution is 0.111. The lowest BCUT2D eigenvalue weighted by Crippen LogP contribution is -2.21. The molecule has 0 bridgehead atoms. The first-order valence-corrected chi connectivity index (χ1v) is 9.25. The molecule has 2 heterocycles. The van der Waals surface area contributed by atoms with Crippen molar-refractivity contribution in [2.45, 2.75) is 44.7 Å². The van der Waals surface area contributed by atoms with Gasteiger partial charge in [-0.25, -0.2) is 9.97 Å². The van der Waals surface area contributed by atoms with Gasteiger partial charge in [-0.15, -0.1) is 0 Å². The number of benzene rings is 1. The maximum Gasteiger partial charge on any atom is 0.184 e. The third kappa shape index (κ3) is 3.33. The van der Waals surface area contributed by atoms with Crippen LogP contribution in [0.25, 0.3) is 10.2 Å². The Hall–Kier alpha value is -2.21. The van der Waals surface area contributed by atoms with E-state index in [-0.39, 0.29) is 0 Å². The standard InChI is InChI=1S/C18H20N4OS/c23-11-15-10-22(12-19-15)9-13-6-7-16-17(8-13)24-18(21-16)20-14-4-2-1-3-5-14/h6-8,10-12,14H,1-5,9H2,(H,20,21). The number of imidazole rings is 1. The number of aromatic nitrogens is 3. The van der Waals surface area contributed by atoms with E-state index in [0.29, 0.717) is 18.3 Å². The SMILES string of the molecule is O=Cc1cn(Cc2ccc3nc(NC4CCCCC4)sc3c2)cn1. The number of rotatable bonds is 5. The van der Waals surface area contributed by atoms with Crippen LogP contribution in [0.1, 0.15) is 48.2 Å². The molecule has 2 aromatic heterocycles. The average molecular weight is 340 g/mol. The summed E-state index contributed by atoms with van der Waals surface area (Å²) in [6.45, 7) is 0.708. The zero-order chi connectivity index (χ0) is 16.4. The molecule has 124 valence electrons. The summed E-state index contributed by atoms with van der Waals surface area (Å²) < 4.78 is 3.12. The number of carbonyl (C=O) groups is 1. The lowest BCUT2D eigenvalue weighted by Gasteiger charge is -2.22. The van der Waals surface area contributed by atoms with Gasteiger partial charge in [-0.1, -0.05) is 36.7 Å². The quantitative estimate of drug-likeness (QED) is 0.711. The second kappa shape index (κ2) is 6.73. The molecule has 0 radical (unpaired) electrons. The Bertz CT molecular complexity index is 848. The summed E-state index contributed by atoms with van der Waals surface area (Å²) in [5, 5.41) is 4.63. The predicted molar refractivity (Wildman–Crippen MR) is 96.8 cm³/mol. The number of hydrogen-bond acceptors (Lipinski definition) is 5. The van der Waals surface area contributed by atoms with Crippen LogP contribution in [0, 0.1) is 0 Å². The fourth-order valence-electron chi connectivity index (χ4n) is 3.29. The van der Waals surface area contributed by atoms with Crippen molar-refractivity contribution in [1.82, 2.24) is 14.5 Å². The second-order valence-electron chi connectivity index (χ2n) is 6.39. The zero-order valence-corrected chi connectivity index (χ0v) is 14.3. The van der Waals surface area contributed by atoms with Crippen molar-refractivity contribution in [1.29, 1.82) is 0 Å². The highest BCUT2D eigenvalue weighted by atomic mass is 32.1. The lowest BCUT2D eigenvalue weighted by atomic mass is 9.96. The highest BCUT2D eigenvalue weighted by Gasteiger charge is 2.15. The molecule has 24 heavy (non-hydrogen) atoms. The van der Waals surface area contributed by atoms with E-state index < -0.39 is 0 Å². The molecule has 1 fully saturated rings. The fourth-order valence-corrected chi connectivity index (χ4v) is 4.29. The molecule has 6 heteroatoms. The van der Waals surface area contributed by atoms with E-state index in [1.165, 1.54) is 42.4 Å². The van der Waals surface area contributed by atoms with Gasteiger partial charge < -0.3 is 9.88 Å². The smallest absolute Gasteiger partial charge is 0.184 e. The molecule has 1 aliphatic rings. The first kappa shape index (κ1) is 15.3. The Morgan fingerprint density at radius 2 is 2.17 bits per heavy atom. The Morgan fingerprint density at radius 3 is 2.96 bits per heavy atom. The summed E-state index contributed by atoms with van der Waals surface area (Å²) in [5.74, 6) is 0. The molecule has 3 aromatic rings. The van der Waals surface area contributed by atoms with Gasteiger partial charge in [0, 0.05) is 18.8 Å². The van der Waals surface area contributed by atoms with Gasteiger partial charge in [-0.3, -0.25) is 4.79 Å². The largest absolute Gasteiger partial charge is 0.359 e. The van der Waals surface area contributed by atoms with E-state index in [9.17, 15) is 4.79 Å². The fraction of sp³-hybridized carbons (Fsp3) is 0.389. The minimum Gasteiger partial charge on any atom is -0.359 e. The third-order valence-corrected chi connectivity index (χ3v) is 5.47. The molecule has 1 aromatic carbocycles. The molecule has 0 spiro atoms. The van der Waals surface area contributed by atoms with Gasteiger partial charge in [-0.2, -0.15) is 0 Å². The van der Waals surface area contributed by atoms with Crippen LogP contribution in [0.15, 0.2) is 30.7 Å². The third-order valence-electron chi connectivity index (χ3n) is 4.52. The van der Waals surface area contributed by atoms with Gasteiger partial charge in [0.1, 0.15) is 5.69 Å². The van der Waals surface area contributed by atoms with Crippen LogP contribution in [0.2, 0.25) is 0 Å².